The molecule has 0 spiro atoms. The van der Waals surface area contributed by atoms with Gasteiger partial charge in [-0.2, -0.15) is 0 Å². The van der Waals surface area contributed by atoms with Gasteiger partial charge < -0.3 is 11.1 Å². The minimum Gasteiger partial charge on any atom is -0.385 e. The lowest BCUT2D eigenvalue weighted by Gasteiger charge is -2.18. The van der Waals surface area contributed by atoms with Gasteiger partial charge in [0.25, 0.3) is 0 Å². The number of rotatable bonds is 4. The molecular formula is C11H16Cl2N2. The van der Waals surface area contributed by atoms with E-state index in [9.17, 15) is 0 Å². The standard InChI is InChI=1S/C11H16Cl2N2/c1-11(2,14)5-6-15-8-3-4-9(12)10(13)7-8/h3-4,7,15H,5-6,14H2,1-2H3. The second kappa shape index (κ2) is 5.06. The Balaban J connectivity index is 2.48. The average molecular weight is 247 g/mol. The molecule has 0 atom stereocenters. The number of halogens is 2. The molecule has 0 aromatic heterocycles. The third kappa shape index (κ3) is 4.74. The van der Waals surface area contributed by atoms with E-state index in [1.165, 1.54) is 0 Å². The van der Waals surface area contributed by atoms with Gasteiger partial charge in [0, 0.05) is 17.8 Å². The van der Waals surface area contributed by atoms with Gasteiger partial charge in [0.05, 0.1) is 10.0 Å². The molecule has 0 aliphatic carbocycles. The highest BCUT2D eigenvalue weighted by molar-refractivity contribution is 6.42. The molecule has 4 heteroatoms. The molecule has 0 radical (unpaired) electrons. The number of anilines is 1. The zero-order valence-corrected chi connectivity index (χ0v) is 10.5. The first-order valence-corrected chi connectivity index (χ1v) is 5.62. The molecule has 1 aromatic carbocycles. The fourth-order valence-electron chi connectivity index (χ4n) is 1.14. The Morgan fingerprint density at radius 2 is 1.93 bits per heavy atom. The van der Waals surface area contributed by atoms with E-state index < -0.39 is 0 Å². The van der Waals surface area contributed by atoms with Crippen LogP contribution in [-0.4, -0.2) is 12.1 Å². The van der Waals surface area contributed by atoms with Crippen molar-refractivity contribution in [3.8, 4) is 0 Å². The summed E-state index contributed by atoms with van der Waals surface area (Å²) in [5, 5.41) is 4.38. The molecule has 3 N–H and O–H groups in total. The van der Waals surface area contributed by atoms with E-state index in [1.807, 2.05) is 26.0 Å². The second-order valence-electron chi connectivity index (χ2n) is 4.29. The van der Waals surface area contributed by atoms with Gasteiger partial charge in [-0.3, -0.25) is 0 Å². The minimum absolute atomic E-state index is 0.150. The van der Waals surface area contributed by atoms with Gasteiger partial charge in [-0.05, 0) is 38.5 Å². The number of benzene rings is 1. The molecule has 1 rings (SSSR count). The lowest BCUT2D eigenvalue weighted by Crippen LogP contribution is -2.34. The summed E-state index contributed by atoms with van der Waals surface area (Å²) in [4.78, 5) is 0. The summed E-state index contributed by atoms with van der Waals surface area (Å²) in [5.74, 6) is 0. The van der Waals surface area contributed by atoms with Crippen molar-refractivity contribution >= 4 is 28.9 Å². The van der Waals surface area contributed by atoms with Crippen LogP contribution in [0, 0.1) is 0 Å². The summed E-state index contributed by atoms with van der Waals surface area (Å²) < 4.78 is 0. The maximum atomic E-state index is 5.89. The van der Waals surface area contributed by atoms with Gasteiger partial charge in [-0.15, -0.1) is 0 Å². The zero-order chi connectivity index (χ0) is 11.5. The molecule has 1 aromatic rings. The topological polar surface area (TPSA) is 38.0 Å². The number of nitrogens with one attached hydrogen (secondary N) is 1. The quantitative estimate of drug-likeness (QED) is 0.854. The molecule has 0 bridgehead atoms. The third-order valence-corrected chi connectivity index (χ3v) is 2.76. The van der Waals surface area contributed by atoms with Crippen LogP contribution in [0.15, 0.2) is 18.2 Å². The van der Waals surface area contributed by atoms with Crippen molar-refractivity contribution < 1.29 is 0 Å². The summed E-state index contributed by atoms with van der Waals surface area (Å²) in [6.07, 6.45) is 0.896. The van der Waals surface area contributed by atoms with Gasteiger partial charge in [0.15, 0.2) is 0 Å². The highest BCUT2D eigenvalue weighted by Crippen LogP contribution is 2.25. The monoisotopic (exact) mass is 246 g/mol. The first-order chi connectivity index (χ1) is 6.88. The Hall–Kier alpha value is -0.440. The van der Waals surface area contributed by atoms with Crippen LogP contribution in [0.25, 0.3) is 0 Å². The van der Waals surface area contributed by atoms with Crippen LogP contribution in [0.4, 0.5) is 5.69 Å². The van der Waals surface area contributed by atoms with Crippen LogP contribution in [-0.2, 0) is 0 Å². The maximum Gasteiger partial charge on any atom is 0.0612 e. The van der Waals surface area contributed by atoms with Crippen LogP contribution < -0.4 is 11.1 Å². The van der Waals surface area contributed by atoms with Gasteiger partial charge in [0.1, 0.15) is 0 Å². The zero-order valence-electron chi connectivity index (χ0n) is 8.98. The van der Waals surface area contributed by atoms with Crippen LogP contribution >= 0.6 is 23.2 Å². The van der Waals surface area contributed by atoms with E-state index in [0.29, 0.717) is 10.0 Å². The van der Waals surface area contributed by atoms with E-state index in [1.54, 1.807) is 6.07 Å². The maximum absolute atomic E-state index is 5.89. The van der Waals surface area contributed by atoms with Crippen molar-refractivity contribution in [3.05, 3.63) is 28.2 Å². The molecule has 0 aliphatic rings. The summed E-state index contributed by atoms with van der Waals surface area (Å²) in [6, 6.07) is 5.49. The SMILES string of the molecule is CC(C)(N)CCNc1ccc(Cl)c(Cl)c1. The largest absolute Gasteiger partial charge is 0.385 e. The number of hydrogen-bond acceptors (Lipinski definition) is 2. The molecule has 0 saturated carbocycles. The Morgan fingerprint density at radius 3 is 2.47 bits per heavy atom. The highest BCUT2D eigenvalue weighted by atomic mass is 35.5. The van der Waals surface area contributed by atoms with Crippen molar-refractivity contribution in [2.24, 2.45) is 5.73 Å². The van der Waals surface area contributed by atoms with Crippen LogP contribution in [0.5, 0.6) is 0 Å². The Labute approximate surface area is 101 Å². The van der Waals surface area contributed by atoms with E-state index in [-0.39, 0.29) is 5.54 Å². The van der Waals surface area contributed by atoms with E-state index in [0.717, 1.165) is 18.7 Å². The predicted octanol–water partition coefficient (Wildman–Crippen LogP) is 3.53. The lowest BCUT2D eigenvalue weighted by molar-refractivity contribution is 0.491. The second-order valence-corrected chi connectivity index (χ2v) is 5.11. The third-order valence-electron chi connectivity index (χ3n) is 2.02. The summed E-state index contributed by atoms with van der Waals surface area (Å²) >= 11 is 11.7. The molecule has 0 heterocycles. The molecule has 0 saturated heterocycles. The normalized spacial score (nSPS) is 11.5. The smallest absolute Gasteiger partial charge is 0.0612 e. The van der Waals surface area contributed by atoms with Gasteiger partial charge in [-0.25, -0.2) is 0 Å². The molecule has 2 nitrogen and oxygen atoms in total. The summed E-state index contributed by atoms with van der Waals surface area (Å²) in [7, 11) is 0. The van der Waals surface area contributed by atoms with Crippen molar-refractivity contribution in [1.29, 1.82) is 0 Å². The molecule has 84 valence electrons. The van der Waals surface area contributed by atoms with Crippen molar-refractivity contribution in [2.45, 2.75) is 25.8 Å². The van der Waals surface area contributed by atoms with E-state index >= 15 is 0 Å². The average Bonchev–Trinajstić information content (AvgIpc) is 2.09. The Bertz CT molecular complexity index is 332. The molecule has 0 unspecified atom stereocenters. The molecular weight excluding hydrogens is 231 g/mol. The van der Waals surface area contributed by atoms with Gasteiger partial charge in [0.2, 0.25) is 0 Å². The molecule has 0 aliphatic heterocycles. The summed E-state index contributed by atoms with van der Waals surface area (Å²) in [5.41, 5.74) is 6.68. The predicted molar refractivity (Wildman–Crippen MR) is 67.8 cm³/mol. The lowest BCUT2D eigenvalue weighted by atomic mass is 10.0. The molecule has 15 heavy (non-hydrogen) atoms. The summed E-state index contributed by atoms with van der Waals surface area (Å²) in [6.45, 7) is 4.83. The van der Waals surface area contributed by atoms with E-state index in [2.05, 4.69) is 5.32 Å². The van der Waals surface area contributed by atoms with Gasteiger partial charge >= 0.3 is 0 Å². The van der Waals surface area contributed by atoms with Crippen molar-refractivity contribution in [2.75, 3.05) is 11.9 Å². The van der Waals surface area contributed by atoms with Crippen LogP contribution in [0.3, 0.4) is 0 Å². The van der Waals surface area contributed by atoms with Crippen LogP contribution in [0.2, 0.25) is 10.0 Å². The van der Waals surface area contributed by atoms with Crippen molar-refractivity contribution in [1.82, 2.24) is 0 Å². The number of nitrogens with two attached hydrogens (primary N) is 1. The van der Waals surface area contributed by atoms with Crippen LogP contribution in [0.1, 0.15) is 20.3 Å². The Morgan fingerprint density at radius 1 is 1.27 bits per heavy atom. The fourth-order valence-corrected chi connectivity index (χ4v) is 1.43. The first kappa shape index (κ1) is 12.6. The highest BCUT2D eigenvalue weighted by Gasteiger charge is 2.09. The molecule has 0 fully saturated rings. The number of hydrogen-bond donors (Lipinski definition) is 2. The fraction of sp³-hybridized carbons (Fsp3) is 0.455. The Kier molecular flexibility index (Phi) is 4.26. The van der Waals surface area contributed by atoms with Crippen molar-refractivity contribution in [3.63, 3.8) is 0 Å². The minimum atomic E-state index is -0.150. The molecule has 0 amide bonds. The first-order valence-electron chi connectivity index (χ1n) is 4.86. The van der Waals surface area contributed by atoms with E-state index in [4.69, 9.17) is 28.9 Å². The van der Waals surface area contributed by atoms with Gasteiger partial charge in [-0.1, -0.05) is 23.2 Å².